The molecular weight excluding hydrogens is 733 g/mol. The highest BCUT2D eigenvalue weighted by molar-refractivity contribution is 8.00. The molecule has 5 aromatic heterocycles. The van der Waals surface area contributed by atoms with Crippen LogP contribution in [0.5, 0.6) is 0 Å². The van der Waals surface area contributed by atoms with Gasteiger partial charge in [0, 0.05) is 64.3 Å². The number of nitrogens with zero attached hydrogens (tertiary/aromatic N) is 4. The zero-order valence-electron chi connectivity index (χ0n) is 30.6. The first-order valence-electron chi connectivity index (χ1n) is 19.3. The van der Waals surface area contributed by atoms with Crippen LogP contribution in [-0.2, 0) is 0 Å². The number of rotatable bonds is 5. The lowest BCUT2D eigenvalue weighted by atomic mass is 9.85. The molecule has 4 nitrogen and oxygen atoms in total. The van der Waals surface area contributed by atoms with Crippen LogP contribution in [0, 0.1) is 0 Å². The molecule has 1 aliphatic heterocycles. The average molecular weight is 765 g/mol. The van der Waals surface area contributed by atoms with E-state index in [2.05, 4.69) is 173 Å². The highest BCUT2D eigenvalue weighted by Gasteiger charge is 2.36. The zero-order chi connectivity index (χ0) is 37.5. The van der Waals surface area contributed by atoms with Gasteiger partial charge in [0.05, 0.1) is 33.8 Å². The van der Waals surface area contributed by atoms with Crippen molar-refractivity contribution in [3.05, 3.63) is 193 Å². The largest absolute Gasteiger partial charge is 0.294 e. The van der Waals surface area contributed by atoms with Crippen LogP contribution in [0.15, 0.2) is 187 Å². The van der Waals surface area contributed by atoms with Gasteiger partial charge >= 0.3 is 0 Å². The van der Waals surface area contributed by atoms with E-state index in [4.69, 9.17) is 9.97 Å². The van der Waals surface area contributed by atoms with Crippen LogP contribution in [0.1, 0.15) is 17.0 Å². The monoisotopic (exact) mass is 764 g/mol. The highest BCUT2D eigenvalue weighted by Crippen LogP contribution is 2.54. The molecule has 6 heteroatoms. The van der Waals surface area contributed by atoms with E-state index < -0.39 is 0 Å². The van der Waals surface area contributed by atoms with E-state index in [-0.39, 0.29) is 0 Å². The quantitative estimate of drug-likeness (QED) is 0.175. The maximum absolute atomic E-state index is 5.28. The number of benzene rings is 5. The Morgan fingerprint density at radius 3 is 2.07 bits per heavy atom. The van der Waals surface area contributed by atoms with Crippen molar-refractivity contribution in [1.82, 2.24) is 19.5 Å². The second kappa shape index (κ2) is 13.0. The van der Waals surface area contributed by atoms with Gasteiger partial charge in [-0.2, -0.15) is 0 Å². The summed E-state index contributed by atoms with van der Waals surface area (Å²) in [6.07, 6.45) is 8.82. The first kappa shape index (κ1) is 32.6. The number of fused-ring (bicyclic) bond motifs is 9. The first-order chi connectivity index (χ1) is 28.3. The van der Waals surface area contributed by atoms with E-state index in [0.29, 0.717) is 11.2 Å². The molecule has 6 heterocycles. The third-order valence-electron chi connectivity index (χ3n) is 11.5. The Kier molecular flexibility index (Phi) is 7.43. The topological polar surface area (TPSA) is 43.6 Å². The fourth-order valence-corrected chi connectivity index (χ4v) is 11.7. The molecule has 10 aromatic rings. The molecule has 0 saturated carbocycles. The van der Waals surface area contributed by atoms with Gasteiger partial charge in [-0.1, -0.05) is 115 Å². The molecule has 2 unspecified atom stereocenters. The highest BCUT2D eigenvalue weighted by atomic mass is 32.2. The molecule has 268 valence electrons. The van der Waals surface area contributed by atoms with Crippen LogP contribution in [0.4, 0.5) is 0 Å². The molecule has 5 aromatic carbocycles. The van der Waals surface area contributed by atoms with Crippen molar-refractivity contribution in [2.24, 2.45) is 0 Å². The van der Waals surface area contributed by atoms with E-state index in [9.17, 15) is 0 Å². The smallest absolute Gasteiger partial charge is 0.137 e. The number of thiophene rings is 1. The summed E-state index contributed by atoms with van der Waals surface area (Å²) in [7, 11) is 0. The number of para-hydroxylation sites is 1. The second-order valence-electron chi connectivity index (χ2n) is 14.7. The molecule has 2 aliphatic rings. The number of hydrogen-bond acceptors (Lipinski definition) is 5. The number of aromatic nitrogens is 4. The minimum atomic E-state index is 0.373. The summed E-state index contributed by atoms with van der Waals surface area (Å²) in [6.45, 7) is 0. The fourth-order valence-electron chi connectivity index (χ4n) is 8.89. The Hall–Kier alpha value is -6.60. The molecule has 0 spiro atoms. The second-order valence-corrected chi connectivity index (χ2v) is 16.9. The molecule has 0 radical (unpaired) electrons. The fraction of sp³-hybridized carbons (Fsp3) is 0.0392. The lowest BCUT2D eigenvalue weighted by Crippen LogP contribution is -2.13. The van der Waals surface area contributed by atoms with Crippen molar-refractivity contribution in [3.63, 3.8) is 0 Å². The van der Waals surface area contributed by atoms with Crippen molar-refractivity contribution in [3.8, 4) is 39.7 Å². The molecular formula is C51H32N4S2. The van der Waals surface area contributed by atoms with Gasteiger partial charge in [0.15, 0.2) is 0 Å². The van der Waals surface area contributed by atoms with Crippen LogP contribution in [0.2, 0.25) is 0 Å². The number of allylic oxidation sites excluding steroid dienone is 3. The van der Waals surface area contributed by atoms with Gasteiger partial charge in [0.2, 0.25) is 0 Å². The van der Waals surface area contributed by atoms with Crippen LogP contribution in [0.25, 0.3) is 87.3 Å². The molecule has 0 amide bonds. The molecule has 0 fully saturated rings. The third kappa shape index (κ3) is 5.18. The Morgan fingerprint density at radius 2 is 1.21 bits per heavy atom. The summed E-state index contributed by atoms with van der Waals surface area (Å²) >= 11 is 3.89. The standard InChI is InChI=1S/C51H32N4S2/c1-3-24-45-32(12-1)40-30-31(27-28-46(40)55(45)48-26-5-6-29-52-48)41-20-10-22-43(53-41)44-23-11-21-42(54-44)39-19-9-18-38-37-17-8-16-36(50(37)57-51(38)39)35-15-7-14-34-33-13-2-4-25-47(33)56-49(34)35/h1-30,34,49H. The Labute approximate surface area is 337 Å². The van der Waals surface area contributed by atoms with E-state index in [1.807, 2.05) is 41.4 Å². The molecule has 2 atom stereocenters. The summed E-state index contributed by atoms with van der Waals surface area (Å²) in [5.74, 6) is 1.30. The van der Waals surface area contributed by atoms with Gasteiger partial charge in [-0.15, -0.1) is 23.1 Å². The van der Waals surface area contributed by atoms with Gasteiger partial charge < -0.3 is 0 Å². The normalized spacial score (nSPS) is 16.0. The molecule has 12 rings (SSSR count). The number of pyridine rings is 3. The minimum absolute atomic E-state index is 0.373. The van der Waals surface area contributed by atoms with Crippen LogP contribution in [-0.4, -0.2) is 24.8 Å². The zero-order valence-corrected chi connectivity index (χ0v) is 32.2. The van der Waals surface area contributed by atoms with Crippen LogP contribution in [0.3, 0.4) is 0 Å². The van der Waals surface area contributed by atoms with Gasteiger partial charge in [-0.25, -0.2) is 15.0 Å². The van der Waals surface area contributed by atoms with Crippen molar-refractivity contribution in [2.45, 2.75) is 16.1 Å². The summed E-state index contributed by atoms with van der Waals surface area (Å²) < 4.78 is 4.83. The molecule has 57 heavy (non-hydrogen) atoms. The predicted octanol–water partition coefficient (Wildman–Crippen LogP) is 13.5. The van der Waals surface area contributed by atoms with Crippen molar-refractivity contribution < 1.29 is 0 Å². The summed E-state index contributed by atoms with van der Waals surface area (Å²) in [4.78, 5) is 16.6. The van der Waals surface area contributed by atoms with E-state index >= 15 is 0 Å². The third-order valence-corrected chi connectivity index (χ3v) is 14.2. The number of hydrogen-bond donors (Lipinski definition) is 0. The molecule has 0 bridgehead atoms. The summed E-state index contributed by atoms with van der Waals surface area (Å²) in [5.41, 5.74) is 12.2. The molecule has 0 saturated heterocycles. The lowest BCUT2D eigenvalue weighted by molar-refractivity contribution is 0.894. The first-order valence-corrected chi connectivity index (χ1v) is 20.9. The lowest BCUT2D eigenvalue weighted by Gasteiger charge is -2.23. The van der Waals surface area contributed by atoms with E-state index in [1.54, 1.807) is 0 Å². The molecule has 1 aliphatic carbocycles. The van der Waals surface area contributed by atoms with Crippen LogP contribution >= 0.6 is 23.1 Å². The van der Waals surface area contributed by atoms with Gasteiger partial charge in [-0.3, -0.25) is 4.57 Å². The Morgan fingerprint density at radius 1 is 0.526 bits per heavy atom. The van der Waals surface area contributed by atoms with Gasteiger partial charge in [0.25, 0.3) is 0 Å². The van der Waals surface area contributed by atoms with Crippen molar-refractivity contribution >= 4 is 70.6 Å². The van der Waals surface area contributed by atoms with Gasteiger partial charge in [-0.05, 0) is 77.4 Å². The average Bonchev–Trinajstić information content (AvgIpc) is 3.96. The Bertz CT molecular complexity index is 3300. The predicted molar refractivity (Wildman–Crippen MR) is 239 cm³/mol. The Balaban J connectivity index is 0.922. The van der Waals surface area contributed by atoms with E-state index in [1.165, 1.54) is 52.5 Å². The van der Waals surface area contributed by atoms with Crippen molar-refractivity contribution in [2.75, 3.05) is 0 Å². The maximum atomic E-state index is 5.28. The van der Waals surface area contributed by atoms with Gasteiger partial charge in [0.1, 0.15) is 5.82 Å². The minimum Gasteiger partial charge on any atom is -0.294 e. The number of thioether (sulfide) groups is 1. The summed E-state index contributed by atoms with van der Waals surface area (Å²) in [5, 5.41) is 5.30. The SMILES string of the molecule is C1=CC2c3ccccc3SC2C(c2cccc3c2sc2c(-c4cccc(-c5cccc(-c6ccc7c(c6)c6ccccc6n7-c6ccccn6)n5)n4)cccc23)=C1. The van der Waals surface area contributed by atoms with Crippen molar-refractivity contribution in [1.29, 1.82) is 0 Å². The molecule has 0 N–H and O–H groups in total. The maximum Gasteiger partial charge on any atom is 0.137 e. The summed E-state index contributed by atoms with van der Waals surface area (Å²) in [6, 6.07) is 56.1. The van der Waals surface area contributed by atoms with Crippen LogP contribution < -0.4 is 0 Å². The van der Waals surface area contributed by atoms with E-state index in [0.717, 1.165) is 50.8 Å².